The molecule has 0 bridgehead atoms. The molecule has 2 aromatic rings. The van der Waals surface area contributed by atoms with Crippen molar-refractivity contribution in [2.24, 2.45) is 5.73 Å². The SMILES string of the molecule is NC(c1ccco1)c1cscc1Br. The second-order valence-corrected chi connectivity index (χ2v) is 4.27. The van der Waals surface area contributed by atoms with Gasteiger partial charge in [-0.25, -0.2) is 0 Å². The lowest BCUT2D eigenvalue weighted by Gasteiger charge is -2.06. The molecule has 13 heavy (non-hydrogen) atoms. The van der Waals surface area contributed by atoms with E-state index in [1.165, 1.54) is 0 Å². The normalized spacial score (nSPS) is 13.1. The van der Waals surface area contributed by atoms with Crippen molar-refractivity contribution in [3.05, 3.63) is 45.0 Å². The van der Waals surface area contributed by atoms with Crippen LogP contribution >= 0.6 is 27.3 Å². The second kappa shape index (κ2) is 3.65. The molecule has 0 aliphatic rings. The van der Waals surface area contributed by atoms with Crippen LogP contribution in [0.15, 0.2) is 38.0 Å². The Kier molecular flexibility index (Phi) is 2.53. The van der Waals surface area contributed by atoms with Crippen molar-refractivity contribution in [1.82, 2.24) is 0 Å². The van der Waals surface area contributed by atoms with Crippen molar-refractivity contribution < 1.29 is 4.42 Å². The van der Waals surface area contributed by atoms with Crippen molar-refractivity contribution in [2.75, 3.05) is 0 Å². The highest BCUT2D eigenvalue weighted by molar-refractivity contribution is 9.10. The van der Waals surface area contributed by atoms with Gasteiger partial charge in [-0.2, -0.15) is 11.3 Å². The number of thiophene rings is 1. The molecular weight excluding hydrogens is 250 g/mol. The minimum Gasteiger partial charge on any atom is -0.467 e. The van der Waals surface area contributed by atoms with Crippen LogP contribution < -0.4 is 5.73 Å². The molecule has 4 heteroatoms. The van der Waals surface area contributed by atoms with Crippen molar-refractivity contribution in [1.29, 1.82) is 0 Å². The van der Waals surface area contributed by atoms with Crippen LogP contribution in [0.2, 0.25) is 0 Å². The van der Waals surface area contributed by atoms with Crippen molar-refractivity contribution in [3.63, 3.8) is 0 Å². The zero-order valence-corrected chi connectivity index (χ0v) is 9.14. The van der Waals surface area contributed by atoms with Crippen LogP contribution in [-0.2, 0) is 0 Å². The molecule has 0 saturated carbocycles. The summed E-state index contributed by atoms with van der Waals surface area (Å²) in [6.07, 6.45) is 1.63. The summed E-state index contributed by atoms with van der Waals surface area (Å²) in [7, 11) is 0. The fraction of sp³-hybridized carbons (Fsp3) is 0.111. The maximum absolute atomic E-state index is 5.99. The van der Waals surface area contributed by atoms with Gasteiger partial charge in [-0.15, -0.1) is 0 Å². The molecule has 2 rings (SSSR count). The Morgan fingerprint density at radius 2 is 2.31 bits per heavy atom. The molecule has 0 aliphatic heterocycles. The molecular formula is C9H8BrNOS. The van der Waals surface area contributed by atoms with E-state index in [0.717, 1.165) is 15.8 Å². The molecule has 68 valence electrons. The number of furan rings is 1. The van der Waals surface area contributed by atoms with Crippen LogP contribution in [0.5, 0.6) is 0 Å². The molecule has 0 radical (unpaired) electrons. The zero-order valence-electron chi connectivity index (χ0n) is 6.74. The van der Waals surface area contributed by atoms with Crippen LogP contribution in [0.3, 0.4) is 0 Å². The third-order valence-corrected chi connectivity index (χ3v) is 3.58. The first-order valence-corrected chi connectivity index (χ1v) is 5.53. The Morgan fingerprint density at radius 1 is 1.46 bits per heavy atom. The fourth-order valence-electron chi connectivity index (χ4n) is 1.13. The molecule has 2 nitrogen and oxygen atoms in total. The molecule has 0 amide bonds. The summed E-state index contributed by atoms with van der Waals surface area (Å²) in [6, 6.07) is 3.56. The topological polar surface area (TPSA) is 39.2 Å². The Morgan fingerprint density at radius 3 is 2.85 bits per heavy atom. The Balaban J connectivity index is 2.33. The first-order chi connectivity index (χ1) is 6.29. The Bertz CT molecular complexity index is 382. The van der Waals surface area contributed by atoms with Gasteiger partial charge in [-0.3, -0.25) is 0 Å². The summed E-state index contributed by atoms with van der Waals surface area (Å²) in [5.74, 6) is 0.791. The average Bonchev–Trinajstić information content (AvgIpc) is 2.72. The van der Waals surface area contributed by atoms with Gasteiger partial charge in [0.25, 0.3) is 0 Å². The predicted molar refractivity (Wildman–Crippen MR) is 56.8 cm³/mol. The van der Waals surface area contributed by atoms with E-state index in [9.17, 15) is 0 Å². The third-order valence-electron chi connectivity index (χ3n) is 1.83. The molecule has 0 aromatic carbocycles. The first-order valence-electron chi connectivity index (χ1n) is 3.79. The number of nitrogens with two attached hydrogens (primary N) is 1. The highest BCUT2D eigenvalue weighted by Gasteiger charge is 2.14. The standard InChI is InChI=1S/C9H8BrNOS/c10-7-5-13-4-6(7)9(11)8-2-1-3-12-8/h1-5,9H,11H2. The third kappa shape index (κ3) is 1.70. The van der Waals surface area contributed by atoms with Gasteiger partial charge in [-0.05, 0) is 33.4 Å². The molecule has 0 spiro atoms. The molecule has 2 heterocycles. The molecule has 1 unspecified atom stereocenters. The zero-order chi connectivity index (χ0) is 9.26. The molecule has 2 aromatic heterocycles. The van der Waals surface area contributed by atoms with E-state index in [4.69, 9.17) is 10.2 Å². The highest BCUT2D eigenvalue weighted by Crippen LogP contribution is 2.29. The van der Waals surface area contributed by atoms with Gasteiger partial charge in [0.1, 0.15) is 5.76 Å². The van der Waals surface area contributed by atoms with E-state index in [-0.39, 0.29) is 6.04 Å². The van der Waals surface area contributed by atoms with E-state index in [0.29, 0.717) is 0 Å². The quantitative estimate of drug-likeness (QED) is 0.898. The van der Waals surface area contributed by atoms with Gasteiger partial charge in [0.05, 0.1) is 12.3 Å². The lowest BCUT2D eigenvalue weighted by molar-refractivity contribution is 0.490. The van der Waals surface area contributed by atoms with E-state index >= 15 is 0 Å². The molecule has 0 saturated heterocycles. The van der Waals surface area contributed by atoms with Crippen LogP contribution in [0.1, 0.15) is 17.4 Å². The second-order valence-electron chi connectivity index (χ2n) is 2.67. The van der Waals surface area contributed by atoms with Gasteiger partial charge >= 0.3 is 0 Å². The highest BCUT2D eigenvalue weighted by atomic mass is 79.9. The monoisotopic (exact) mass is 257 g/mol. The van der Waals surface area contributed by atoms with Gasteiger partial charge in [-0.1, -0.05) is 0 Å². The van der Waals surface area contributed by atoms with Crippen LogP contribution in [0.25, 0.3) is 0 Å². The smallest absolute Gasteiger partial charge is 0.125 e. The van der Waals surface area contributed by atoms with Crippen molar-refractivity contribution in [2.45, 2.75) is 6.04 Å². The van der Waals surface area contributed by atoms with Gasteiger partial charge in [0.2, 0.25) is 0 Å². The number of rotatable bonds is 2. The summed E-state index contributed by atoms with van der Waals surface area (Å²) in [5, 5.41) is 4.04. The summed E-state index contributed by atoms with van der Waals surface area (Å²) in [5.41, 5.74) is 7.06. The summed E-state index contributed by atoms with van der Waals surface area (Å²) in [4.78, 5) is 0. The van der Waals surface area contributed by atoms with E-state index in [1.807, 2.05) is 22.9 Å². The summed E-state index contributed by atoms with van der Waals surface area (Å²) in [6.45, 7) is 0. The van der Waals surface area contributed by atoms with E-state index in [1.54, 1.807) is 17.6 Å². The number of halogens is 1. The van der Waals surface area contributed by atoms with E-state index in [2.05, 4.69) is 15.9 Å². The van der Waals surface area contributed by atoms with Crippen LogP contribution in [0, 0.1) is 0 Å². The van der Waals surface area contributed by atoms with Gasteiger partial charge < -0.3 is 10.2 Å². The molecule has 1 atom stereocenters. The van der Waals surface area contributed by atoms with E-state index < -0.39 is 0 Å². The first kappa shape index (κ1) is 8.99. The predicted octanol–water partition coefficient (Wildman–Crippen LogP) is 3.15. The molecule has 0 aliphatic carbocycles. The molecule has 0 fully saturated rings. The lowest BCUT2D eigenvalue weighted by Crippen LogP contribution is -2.10. The minimum absolute atomic E-state index is 0.171. The lowest BCUT2D eigenvalue weighted by atomic mass is 10.1. The maximum Gasteiger partial charge on any atom is 0.125 e. The number of hydrogen-bond acceptors (Lipinski definition) is 3. The summed E-state index contributed by atoms with van der Waals surface area (Å²) >= 11 is 5.06. The maximum atomic E-state index is 5.99. The van der Waals surface area contributed by atoms with Crippen molar-refractivity contribution >= 4 is 27.3 Å². The van der Waals surface area contributed by atoms with Crippen molar-refractivity contribution in [3.8, 4) is 0 Å². The average molecular weight is 258 g/mol. The Labute approximate surface area is 88.5 Å². The summed E-state index contributed by atoms with van der Waals surface area (Å²) < 4.78 is 6.28. The van der Waals surface area contributed by atoms with Gasteiger partial charge in [0, 0.05) is 15.4 Å². The van der Waals surface area contributed by atoms with Gasteiger partial charge in [0.15, 0.2) is 0 Å². The van der Waals surface area contributed by atoms with Crippen LogP contribution in [-0.4, -0.2) is 0 Å². The molecule has 2 N–H and O–H groups in total. The largest absolute Gasteiger partial charge is 0.467 e. The van der Waals surface area contributed by atoms with Crippen LogP contribution in [0.4, 0.5) is 0 Å². The Hall–Kier alpha value is -0.580. The minimum atomic E-state index is -0.171. The number of hydrogen-bond donors (Lipinski definition) is 1. The fourth-order valence-corrected chi connectivity index (χ4v) is 2.71.